The molecule has 0 spiro atoms. The number of carbonyl (C=O) groups is 1. The summed E-state index contributed by atoms with van der Waals surface area (Å²) in [5, 5.41) is 3.03. The average Bonchev–Trinajstić information content (AvgIpc) is 2.74. The first-order valence-corrected chi connectivity index (χ1v) is 6.38. The Balaban J connectivity index is 2.59. The van der Waals surface area contributed by atoms with E-state index in [1.54, 1.807) is 6.20 Å². The summed E-state index contributed by atoms with van der Waals surface area (Å²) in [6.07, 6.45) is 5.56. The van der Waals surface area contributed by atoms with Crippen LogP contribution in [0.3, 0.4) is 0 Å². The van der Waals surface area contributed by atoms with Crippen molar-refractivity contribution in [3.63, 3.8) is 0 Å². The van der Waals surface area contributed by atoms with Crippen LogP contribution in [0.4, 0.5) is 0 Å². The van der Waals surface area contributed by atoms with Crippen LogP contribution < -0.4 is 5.32 Å². The highest BCUT2D eigenvalue weighted by molar-refractivity contribution is 5.76. The molecule has 0 aromatic carbocycles. The zero-order valence-electron chi connectivity index (χ0n) is 11.2. The molecule has 0 fully saturated rings. The van der Waals surface area contributed by atoms with Crippen LogP contribution in [0.1, 0.15) is 52.3 Å². The predicted molar refractivity (Wildman–Crippen MR) is 68.8 cm³/mol. The van der Waals surface area contributed by atoms with E-state index in [1.165, 1.54) is 0 Å². The molecule has 0 bridgehead atoms. The summed E-state index contributed by atoms with van der Waals surface area (Å²) in [6.45, 7) is 8.70. The van der Waals surface area contributed by atoms with Gasteiger partial charge < -0.3 is 9.88 Å². The van der Waals surface area contributed by atoms with Gasteiger partial charge in [-0.3, -0.25) is 4.79 Å². The van der Waals surface area contributed by atoms with Crippen molar-refractivity contribution in [2.24, 2.45) is 0 Å². The van der Waals surface area contributed by atoms with Gasteiger partial charge in [0.05, 0.1) is 0 Å². The fourth-order valence-electron chi connectivity index (χ4n) is 1.88. The van der Waals surface area contributed by atoms with Crippen LogP contribution in [0.5, 0.6) is 0 Å². The van der Waals surface area contributed by atoms with E-state index in [2.05, 4.69) is 38.0 Å². The summed E-state index contributed by atoms with van der Waals surface area (Å²) >= 11 is 0. The molecule has 1 N–H and O–H groups in total. The third-order valence-corrected chi connectivity index (χ3v) is 2.93. The Morgan fingerprint density at radius 3 is 2.59 bits per heavy atom. The van der Waals surface area contributed by atoms with Gasteiger partial charge in [-0.15, -0.1) is 0 Å². The number of carbonyl (C=O) groups excluding carboxylic acids is 1. The van der Waals surface area contributed by atoms with Crippen LogP contribution in [0.15, 0.2) is 12.4 Å². The SMILES string of the molecule is CCC(CC)NC(=O)Cn1ccnc1C(C)C. The molecule has 1 rings (SSSR count). The maximum atomic E-state index is 11.9. The molecule has 4 nitrogen and oxygen atoms in total. The first-order valence-electron chi connectivity index (χ1n) is 6.38. The van der Waals surface area contributed by atoms with E-state index in [4.69, 9.17) is 0 Å². The van der Waals surface area contributed by atoms with E-state index in [0.29, 0.717) is 12.5 Å². The van der Waals surface area contributed by atoms with Crippen molar-refractivity contribution in [1.29, 1.82) is 0 Å². The first-order chi connectivity index (χ1) is 8.08. The second-order valence-corrected chi connectivity index (χ2v) is 4.65. The minimum atomic E-state index is 0.0681. The molecule has 0 unspecified atom stereocenters. The summed E-state index contributed by atoms with van der Waals surface area (Å²) < 4.78 is 1.92. The van der Waals surface area contributed by atoms with Gasteiger partial charge in [-0.05, 0) is 12.8 Å². The van der Waals surface area contributed by atoms with Crippen LogP contribution in [-0.4, -0.2) is 21.5 Å². The van der Waals surface area contributed by atoms with Gasteiger partial charge in [-0.25, -0.2) is 4.98 Å². The summed E-state index contributed by atoms with van der Waals surface area (Å²) in [4.78, 5) is 16.1. The van der Waals surface area contributed by atoms with Crippen molar-refractivity contribution < 1.29 is 4.79 Å². The molecule has 0 aliphatic carbocycles. The van der Waals surface area contributed by atoms with Crippen LogP contribution in [0, 0.1) is 0 Å². The van der Waals surface area contributed by atoms with Gasteiger partial charge in [0.2, 0.25) is 5.91 Å². The molecule has 0 radical (unpaired) electrons. The van der Waals surface area contributed by atoms with Gasteiger partial charge in [0.1, 0.15) is 12.4 Å². The number of nitrogens with one attached hydrogen (secondary N) is 1. The number of amides is 1. The van der Waals surface area contributed by atoms with Crippen LogP contribution in [0.2, 0.25) is 0 Å². The largest absolute Gasteiger partial charge is 0.352 e. The molecule has 0 aliphatic heterocycles. The van der Waals surface area contributed by atoms with E-state index in [9.17, 15) is 4.79 Å². The van der Waals surface area contributed by atoms with Crippen molar-refractivity contribution in [2.75, 3.05) is 0 Å². The lowest BCUT2D eigenvalue weighted by molar-refractivity contribution is -0.122. The number of rotatable bonds is 6. The zero-order valence-corrected chi connectivity index (χ0v) is 11.2. The van der Waals surface area contributed by atoms with Gasteiger partial charge in [-0.2, -0.15) is 0 Å². The van der Waals surface area contributed by atoms with Crippen molar-refractivity contribution in [2.45, 2.75) is 59.0 Å². The third kappa shape index (κ3) is 3.88. The Bertz CT molecular complexity index is 353. The van der Waals surface area contributed by atoms with E-state index in [-0.39, 0.29) is 11.9 Å². The van der Waals surface area contributed by atoms with Gasteiger partial charge in [-0.1, -0.05) is 27.7 Å². The van der Waals surface area contributed by atoms with E-state index >= 15 is 0 Å². The summed E-state index contributed by atoms with van der Waals surface area (Å²) in [5.41, 5.74) is 0. The number of nitrogens with zero attached hydrogens (tertiary/aromatic N) is 2. The summed E-state index contributed by atoms with van der Waals surface area (Å²) in [6, 6.07) is 0.286. The Hall–Kier alpha value is -1.32. The minimum absolute atomic E-state index is 0.0681. The molecule has 96 valence electrons. The van der Waals surface area contributed by atoms with Crippen LogP contribution in [0.25, 0.3) is 0 Å². The van der Waals surface area contributed by atoms with Crippen molar-refractivity contribution in [3.05, 3.63) is 18.2 Å². The standard InChI is InChI=1S/C13H23N3O/c1-5-11(6-2)15-12(17)9-16-8-7-14-13(16)10(3)4/h7-8,10-11H,5-6,9H2,1-4H3,(H,15,17). The van der Waals surface area contributed by atoms with Crippen molar-refractivity contribution in [3.8, 4) is 0 Å². The second kappa shape index (κ2) is 6.42. The van der Waals surface area contributed by atoms with Crippen molar-refractivity contribution in [1.82, 2.24) is 14.9 Å². The predicted octanol–water partition coefficient (Wildman–Crippen LogP) is 2.31. The Kier molecular flexibility index (Phi) is 5.19. The number of aromatic nitrogens is 2. The number of hydrogen-bond donors (Lipinski definition) is 1. The van der Waals surface area contributed by atoms with E-state index in [1.807, 2.05) is 10.8 Å². The Morgan fingerprint density at radius 1 is 1.41 bits per heavy atom. The molecule has 1 aromatic rings. The zero-order chi connectivity index (χ0) is 12.8. The van der Waals surface area contributed by atoms with Crippen molar-refractivity contribution >= 4 is 5.91 Å². The lowest BCUT2D eigenvalue weighted by Gasteiger charge is -2.16. The highest BCUT2D eigenvalue weighted by atomic mass is 16.2. The monoisotopic (exact) mass is 237 g/mol. The lowest BCUT2D eigenvalue weighted by Crippen LogP contribution is -2.36. The van der Waals surface area contributed by atoms with Gasteiger partial charge >= 0.3 is 0 Å². The maximum Gasteiger partial charge on any atom is 0.240 e. The maximum absolute atomic E-state index is 11.9. The molecule has 17 heavy (non-hydrogen) atoms. The lowest BCUT2D eigenvalue weighted by atomic mass is 10.2. The minimum Gasteiger partial charge on any atom is -0.352 e. The normalized spacial score (nSPS) is 11.2. The van der Waals surface area contributed by atoms with Gasteiger partial charge in [0.25, 0.3) is 0 Å². The molecule has 0 saturated carbocycles. The molecule has 1 heterocycles. The Labute approximate surface area is 103 Å². The molecular formula is C13H23N3O. The molecular weight excluding hydrogens is 214 g/mol. The van der Waals surface area contributed by atoms with Crippen LogP contribution in [-0.2, 0) is 11.3 Å². The molecule has 0 aliphatic rings. The van der Waals surface area contributed by atoms with Gasteiger partial charge in [0, 0.05) is 24.4 Å². The van der Waals surface area contributed by atoms with E-state index < -0.39 is 0 Å². The summed E-state index contributed by atoms with van der Waals surface area (Å²) in [5.74, 6) is 1.37. The number of hydrogen-bond acceptors (Lipinski definition) is 2. The average molecular weight is 237 g/mol. The topological polar surface area (TPSA) is 46.9 Å². The second-order valence-electron chi connectivity index (χ2n) is 4.65. The quantitative estimate of drug-likeness (QED) is 0.825. The fraction of sp³-hybridized carbons (Fsp3) is 0.692. The fourth-order valence-corrected chi connectivity index (χ4v) is 1.88. The van der Waals surface area contributed by atoms with Gasteiger partial charge in [0.15, 0.2) is 0 Å². The third-order valence-electron chi connectivity index (χ3n) is 2.93. The smallest absolute Gasteiger partial charge is 0.240 e. The molecule has 1 amide bonds. The van der Waals surface area contributed by atoms with E-state index in [0.717, 1.165) is 18.7 Å². The highest BCUT2D eigenvalue weighted by Crippen LogP contribution is 2.11. The molecule has 1 aromatic heterocycles. The molecule has 4 heteroatoms. The summed E-state index contributed by atoms with van der Waals surface area (Å²) in [7, 11) is 0. The molecule has 0 atom stereocenters. The van der Waals surface area contributed by atoms with Crippen LogP contribution >= 0.6 is 0 Å². The molecule has 0 saturated heterocycles. The Morgan fingerprint density at radius 2 is 2.06 bits per heavy atom. The first kappa shape index (κ1) is 13.7. The highest BCUT2D eigenvalue weighted by Gasteiger charge is 2.12. The number of imidazole rings is 1.